The maximum Gasteiger partial charge on any atom is 0.176 e. The molecule has 4 nitrogen and oxygen atoms in total. The number of aromatic nitrogens is 2. The molecule has 0 aliphatic rings. The highest BCUT2D eigenvalue weighted by atomic mass is 79.9. The van der Waals surface area contributed by atoms with E-state index in [9.17, 15) is 0 Å². The summed E-state index contributed by atoms with van der Waals surface area (Å²) in [5, 5.41) is 4.06. The minimum Gasteiger partial charge on any atom is -0.354 e. The first kappa shape index (κ1) is 9.70. The first-order valence-corrected chi connectivity index (χ1v) is 4.30. The van der Waals surface area contributed by atoms with E-state index in [4.69, 9.17) is 9.47 Å². The molecular formula is C7H11BrN2O2. The Labute approximate surface area is 79.6 Å². The molecule has 1 heterocycles. The Morgan fingerprint density at radius 2 is 2.25 bits per heavy atom. The third-order valence-corrected chi connectivity index (χ3v) is 2.19. The Morgan fingerprint density at radius 1 is 1.58 bits per heavy atom. The Kier molecular flexibility index (Phi) is 3.71. The second kappa shape index (κ2) is 4.59. The summed E-state index contributed by atoms with van der Waals surface area (Å²) in [5.41, 5.74) is 0. The molecule has 68 valence electrons. The van der Waals surface area contributed by atoms with E-state index in [1.165, 1.54) is 0 Å². The molecule has 0 radical (unpaired) electrons. The molecule has 0 spiro atoms. The monoisotopic (exact) mass is 234 g/mol. The van der Waals surface area contributed by atoms with Crippen LogP contribution in [0.2, 0.25) is 0 Å². The molecule has 0 aliphatic carbocycles. The quantitative estimate of drug-likeness (QED) is 0.737. The molecule has 1 rings (SSSR count). The summed E-state index contributed by atoms with van der Waals surface area (Å²) in [6, 6.07) is 1.86. The van der Waals surface area contributed by atoms with Crippen molar-refractivity contribution in [2.75, 3.05) is 14.2 Å². The lowest BCUT2D eigenvalue weighted by molar-refractivity contribution is -0.112. The van der Waals surface area contributed by atoms with Crippen molar-refractivity contribution in [2.24, 2.45) is 0 Å². The first-order valence-electron chi connectivity index (χ1n) is 3.51. The average Bonchev–Trinajstić information content (AvgIpc) is 2.47. The van der Waals surface area contributed by atoms with Crippen LogP contribution in [0.25, 0.3) is 0 Å². The first-order chi connectivity index (χ1) is 5.77. The average molecular weight is 235 g/mol. The maximum absolute atomic E-state index is 5.02. The third kappa shape index (κ3) is 2.30. The van der Waals surface area contributed by atoms with Crippen LogP contribution in [0.3, 0.4) is 0 Å². The molecule has 0 atom stereocenters. The zero-order chi connectivity index (χ0) is 8.97. The zero-order valence-electron chi connectivity index (χ0n) is 7.03. The van der Waals surface area contributed by atoms with E-state index in [0.29, 0.717) is 6.54 Å². The lowest BCUT2D eigenvalue weighted by Gasteiger charge is -2.13. The van der Waals surface area contributed by atoms with Crippen molar-refractivity contribution in [1.82, 2.24) is 9.78 Å². The fraction of sp³-hybridized carbons (Fsp3) is 0.571. The molecule has 1 aromatic heterocycles. The fourth-order valence-electron chi connectivity index (χ4n) is 0.837. The van der Waals surface area contributed by atoms with Crippen LogP contribution in [0.15, 0.2) is 16.9 Å². The third-order valence-electron chi connectivity index (χ3n) is 1.51. The minimum atomic E-state index is -0.249. The van der Waals surface area contributed by atoms with Crippen LogP contribution in [-0.2, 0) is 16.0 Å². The summed E-state index contributed by atoms with van der Waals surface area (Å²) in [4.78, 5) is 0. The molecule has 0 fully saturated rings. The molecule has 0 N–H and O–H groups in total. The van der Waals surface area contributed by atoms with Gasteiger partial charge in [-0.2, -0.15) is 5.10 Å². The Morgan fingerprint density at radius 3 is 2.67 bits per heavy atom. The van der Waals surface area contributed by atoms with Gasteiger partial charge in [-0.15, -0.1) is 0 Å². The predicted molar refractivity (Wildman–Crippen MR) is 47.7 cm³/mol. The standard InChI is InChI=1S/C7H11BrN2O2/c1-11-7(12-2)5-10-6(8)3-4-9-10/h3-4,7H,5H2,1-2H3. The van der Waals surface area contributed by atoms with Crippen LogP contribution in [-0.4, -0.2) is 30.3 Å². The molecule has 0 unspecified atom stereocenters. The summed E-state index contributed by atoms with van der Waals surface area (Å²) in [5.74, 6) is 0. The van der Waals surface area contributed by atoms with Crippen molar-refractivity contribution >= 4 is 15.9 Å². The van der Waals surface area contributed by atoms with Gasteiger partial charge in [0.2, 0.25) is 0 Å². The number of hydrogen-bond acceptors (Lipinski definition) is 3. The normalized spacial score (nSPS) is 11.0. The van der Waals surface area contributed by atoms with E-state index in [1.54, 1.807) is 25.1 Å². The maximum atomic E-state index is 5.02. The van der Waals surface area contributed by atoms with Crippen LogP contribution in [0, 0.1) is 0 Å². The van der Waals surface area contributed by atoms with Gasteiger partial charge in [-0.25, -0.2) is 0 Å². The number of rotatable bonds is 4. The van der Waals surface area contributed by atoms with Crippen LogP contribution in [0.4, 0.5) is 0 Å². The van der Waals surface area contributed by atoms with Crippen molar-refractivity contribution in [1.29, 1.82) is 0 Å². The molecule has 0 aliphatic heterocycles. The van der Waals surface area contributed by atoms with Gasteiger partial charge in [-0.3, -0.25) is 4.68 Å². The van der Waals surface area contributed by atoms with Crippen LogP contribution >= 0.6 is 15.9 Å². The van der Waals surface area contributed by atoms with Gasteiger partial charge in [-0.1, -0.05) is 0 Å². The number of nitrogens with zero attached hydrogens (tertiary/aromatic N) is 2. The van der Waals surface area contributed by atoms with Gasteiger partial charge in [-0.05, 0) is 22.0 Å². The lowest BCUT2D eigenvalue weighted by Crippen LogP contribution is -2.21. The molecule has 12 heavy (non-hydrogen) atoms. The van der Waals surface area contributed by atoms with E-state index in [-0.39, 0.29) is 6.29 Å². The summed E-state index contributed by atoms with van der Waals surface area (Å²) >= 11 is 3.34. The molecule has 0 saturated carbocycles. The predicted octanol–water partition coefficient (Wildman–Crippen LogP) is 1.26. The van der Waals surface area contributed by atoms with Crippen molar-refractivity contribution in [3.63, 3.8) is 0 Å². The Bertz CT molecular complexity index is 235. The van der Waals surface area contributed by atoms with E-state index in [0.717, 1.165) is 4.60 Å². The van der Waals surface area contributed by atoms with E-state index < -0.39 is 0 Å². The number of halogens is 1. The summed E-state index contributed by atoms with van der Waals surface area (Å²) in [6.07, 6.45) is 1.47. The SMILES string of the molecule is COC(Cn1nccc1Br)OC. The molecular weight excluding hydrogens is 224 g/mol. The van der Waals surface area contributed by atoms with Crippen molar-refractivity contribution < 1.29 is 9.47 Å². The smallest absolute Gasteiger partial charge is 0.176 e. The van der Waals surface area contributed by atoms with Gasteiger partial charge < -0.3 is 9.47 Å². The minimum absolute atomic E-state index is 0.249. The Balaban J connectivity index is 2.56. The molecule has 0 saturated heterocycles. The highest BCUT2D eigenvalue weighted by molar-refractivity contribution is 9.10. The van der Waals surface area contributed by atoms with Gasteiger partial charge in [0.25, 0.3) is 0 Å². The number of ether oxygens (including phenoxy) is 2. The van der Waals surface area contributed by atoms with Gasteiger partial charge in [0.1, 0.15) is 4.60 Å². The summed E-state index contributed by atoms with van der Waals surface area (Å²) in [7, 11) is 3.21. The molecule has 5 heteroatoms. The van der Waals surface area contributed by atoms with Gasteiger partial charge >= 0.3 is 0 Å². The van der Waals surface area contributed by atoms with Crippen LogP contribution in [0.5, 0.6) is 0 Å². The van der Waals surface area contributed by atoms with Gasteiger partial charge in [0.15, 0.2) is 6.29 Å². The number of methoxy groups -OCH3 is 2. The largest absolute Gasteiger partial charge is 0.354 e. The van der Waals surface area contributed by atoms with Crippen molar-refractivity contribution in [2.45, 2.75) is 12.8 Å². The topological polar surface area (TPSA) is 36.3 Å². The van der Waals surface area contributed by atoms with Crippen LogP contribution in [0.1, 0.15) is 0 Å². The molecule has 0 aromatic carbocycles. The van der Waals surface area contributed by atoms with Crippen molar-refractivity contribution in [3.05, 3.63) is 16.9 Å². The van der Waals surface area contributed by atoms with E-state index in [1.807, 2.05) is 6.07 Å². The fourth-order valence-corrected chi connectivity index (χ4v) is 1.19. The van der Waals surface area contributed by atoms with E-state index in [2.05, 4.69) is 21.0 Å². The zero-order valence-corrected chi connectivity index (χ0v) is 8.61. The second-order valence-corrected chi connectivity index (χ2v) is 3.05. The van der Waals surface area contributed by atoms with Gasteiger partial charge in [0, 0.05) is 14.2 Å². The summed E-state index contributed by atoms with van der Waals surface area (Å²) in [6.45, 7) is 0.584. The Hall–Kier alpha value is -0.390. The number of hydrogen-bond donors (Lipinski definition) is 0. The highest BCUT2D eigenvalue weighted by Crippen LogP contribution is 2.09. The molecule has 1 aromatic rings. The summed E-state index contributed by atoms with van der Waals surface area (Å²) < 4.78 is 12.7. The second-order valence-electron chi connectivity index (χ2n) is 2.24. The van der Waals surface area contributed by atoms with Gasteiger partial charge in [0.05, 0.1) is 12.7 Å². The van der Waals surface area contributed by atoms with Crippen molar-refractivity contribution in [3.8, 4) is 0 Å². The van der Waals surface area contributed by atoms with Crippen LogP contribution < -0.4 is 0 Å². The highest BCUT2D eigenvalue weighted by Gasteiger charge is 2.07. The van der Waals surface area contributed by atoms with E-state index >= 15 is 0 Å². The molecule has 0 bridgehead atoms. The lowest BCUT2D eigenvalue weighted by atomic mass is 10.6. The molecule has 0 amide bonds.